The molecule has 2 aliphatic carbocycles. The van der Waals surface area contributed by atoms with Crippen LogP contribution < -0.4 is 14.8 Å². The highest BCUT2D eigenvalue weighted by molar-refractivity contribution is 5.78. The number of carbonyl (C=O) groups excluding carboxylic acids is 1. The van der Waals surface area contributed by atoms with Gasteiger partial charge in [0.05, 0.1) is 6.04 Å². The molecule has 0 radical (unpaired) electrons. The minimum Gasteiger partial charge on any atom is -0.487 e. The molecule has 0 aromatic heterocycles. The standard InChI is InChI=1S/C26H31NO3/c28-25(18-29-21-13-12-19-8-2-3-9-20(19)16-21)27-23-17-26(14-6-1-7-15-26)30-24-11-5-4-10-22(23)24/h4-5,10-13,16,23H,1-3,6-9,14-15,17-18H2,(H,27,28)/t23-/m1/s1. The fraction of sp³-hybridized carbons (Fsp3) is 0.500. The minimum atomic E-state index is -0.135. The summed E-state index contributed by atoms with van der Waals surface area (Å²) < 4.78 is 12.3. The van der Waals surface area contributed by atoms with Gasteiger partial charge in [-0.1, -0.05) is 30.7 Å². The van der Waals surface area contributed by atoms with Crippen molar-refractivity contribution in [2.45, 2.75) is 75.9 Å². The first-order valence-corrected chi connectivity index (χ1v) is 11.5. The van der Waals surface area contributed by atoms with E-state index in [-0.39, 0.29) is 24.2 Å². The molecule has 0 bridgehead atoms. The molecule has 1 spiro atoms. The van der Waals surface area contributed by atoms with Gasteiger partial charge in [-0.25, -0.2) is 0 Å². The van der Waals surface area contributed by atoms with Gasteiger partial charge in [-0.3, -0.25) is 4.79 Å². The maximum atomic E-state index is 12.8. The van der Waals surface area contributed by atoms with Crippen molar-refractivity contribution in [2.75, 3.05) is 6.61 Å². The van der Waals surface area contributed by atoms with Crippen molar-refractivity contribution in [2.24, 2.45) is 0 Å². The number of ether oxygens (including phenoxy) is 2. The highest BCUT2D eigenvalue weighted by atomic mass is 16.5. The smallest absolute Gasteiger partial charge is 0.258 e. The summed E-state index contributed by atoms with van der Waals surface area (Å²) in [5.41, 5.74) is 3.74. The number of aryl methyl sites for hydroxylation is 2. The minimum absolute atomic E-state index is 0.0207. The van der Waals surface area contributed by atoms with Crippen LogP contribution in [0, 0.1) is 0 Å². The van der Waals surface area contributed by atoms with Gasteiger partial charge in [0, 0.05) is 12.0 Å². The molecule has 30 heavy (non-hydrogen) atoms. The highest BCUT2D eigenvalue weighted by Crippen LogP contribution is 2.46. The second-order valence-corrected chi connectivity index (χ2v) is 9.13. The van der Waals surface area contributed by atoms with Crippen LogP contribution in [0.3, 0.4) is 0 Å². The van der Waals surface area contributed by atoms with Gasteiger partial charge in [0.1, 0.15) is 17.1 Å². The van der Waals surface area contributed by atoms with Crippen LogP contribution in [0.2, 0.25) is 0 Å². The molecule has 1 aliphatic heterocycles. The molecule has 1 saturated carbocycles. The molecule has 0 unspecified atom stereocenters. The molecule has 1 heterocycles. The van der Waals surface area contributed by atoms with Gasteiger partial charge in [-0.15, -0.1) is 0 Å². The largest absolute Gasteiger partial charge is 0.487 e. The maximum Gasteiger partial charge on any atom is 0.258 e. The van der Waals surface area contributed by atoms with Crippen molar-refractivity contribution in [3.8, 4) is 11.5 Å². The molecule has 1 amide bonds. The Balaban J connectivity index is 1.25. The van der Waals surface area contributed by atoms with E-state index in [1.54, 1.807) is 0 Å². The van der Waals surface area contributed by atoms with Crippen LogP contribution in [0.25, 0.3) is 0 Å². The van der Waals surface area contributed by atoms with Crippen LogP contribution in [0.4, 0.5) is 0 Å². The lowest BCUT2D eigenvalue weighted by atomic mass is 9.77. The van der Waals surface area contributed by atoms with E-state index in [1.807, 2.05) is 24.3 Å². The Hall–Kier alpha value is -2.49. The van der Waals surface area contributed by atoms with Gasteiger partial charge >= 0.3 is 0 Å². The number of hydrogen-bond donors (Lipinski definition) is 1. The van der Waals surface area contributed by atoms with Crippen molar-refractivity contribution >= 4 is 5.91 Å². The molecule has 0 saturated heterocycles. The van der Waals surface area contributed by atoms with Gasteiger partial charge in [0.25, 0.3) is 5.91 Å². The van der Waals surface area contributed by atoms with Gasteiger partial charge in [0.15, 0.2) is 6.61 Å². The average molecular weight is 406 g/mol. The second kappa shape index (κ2) is 8.33. The quantitative estimate of drug-likeness (QED) is 0.752. The van der Waals surface area contributed by atoms with E-state index in [2.05, 4.69) is 23.5 Å². The van der Waals surface area contributed by atoms with Crippen LogP contribution in [0.15, 0.2) is 42.5 Å². The molecule has 2 aromatic rings. The zero-order valence-corrected chi connectivity index (χ0v) is 17.6. The van der Waals surface area contributed by atoms with Crippen LogP contribution in [-0.4, -0.2) is 18.1 Å². The Bertz CT molecular complexity index is 916. The van der Waals surface area contributed by atoms with E-state index >= 15 is 0 Å². The number of amides is 1. The predicted octanol–water partition coefficient (Wildman–Crippen LogP) is 5.29. The fourth-order valence-electron chi connectivity index (χ4n) is 5.43. The highest BCUT2D eigenvalue weighted by Gasteiger charge is 2.42. The van der Waals surface area contributed by atoms with Gasteiger partial charge in [-0.2, -0.15) is 0 Å². The monoisotopic (exact) mass is 405 g/mol. The van der Waals surface area contributed by atoms with E-state index in [0.29, 0.717) is 0 Å². The first-order chi connectivity index (χ1) is 14.7. The molecule has 4 heteroatoms. The number of nitrogens with one attached hydrogen (secondary N) is 1. The summed E-state index contributed by atoms with van der Waals surface area (Å²) in [6.45, 7) is 0.0469. The van der Waals surface area contributed by atoms with Crippen molar-refractivity contribution in [3.05, 3.63) is 59.2 Å². The van der Waals surface area contributed by atoms with Crippen molar-refractivity contribution in [1.29, 1.82) is 0 Å². The predicted molar refractivity (Wildman–Crippen MR) is 117 cm³/mol. The van der Waals surface area contributed by atoms with Gasteiger partial charge in [0.2, 0.25) is 0 Å². The summed E-state index contributed by atoms with van der Waals surface area (Å²) in [4.78, 5) is 12.8. The molecule has 1 N–H and O–H groups in total. The van der Waals surface area contributed by atoms with Crippen LogP contribution in [0.1, 0.15) is 74.1 Å². The molecule has 1 fully saturated rings. The van der Waals surface area contributed by atoms with Crippen molar-refractivity contribution < 1.29 is 14.3 Å². The molecule has 3 aliphatic rings. The number of para-hydroxylation sites is 1. The van der Waals surface area contributed by atoms with Crippen LogP contribution >= 0.6 is 0 Å². The number of benzene rings is 2. The SMILES string of the molecule is O=C(COc1ccc2c(c1)CCCC2)N[C@@H]1CC2(CCCCC2)Oc2ccccc21. The Morgan fingerprint density at radius 2 is 1.80 bits per heavy atom. The molecule has 158 valence electrons. The fourth-order valence-corrected chi connectivity index (χ4v) is 5.43. The number of rotatable bonds is 4. The molecule has 1 atom stereocenters. The summed E-state index contributed by atoms with van der Waals surface area (Å²) in [5.74, 6) is 1.65. The lowest BCUT2D eigenvalue weighted by molar-refractivity contribution is -0.124. The molecule has 5 rings (SSSR count). The number of hydrogen-bond acceptors (Lipinski definition) is 3. The van der Waals surface area contributed by atoms with Crippen molar-refractivity contribution in [1.82, 2.24) is 5.32 Å². The third-order valence-corrected chi connectivity index (χ3v) is 6.99. The number of fused-ring (bicyclic) bond motifs is 2. The van der Waals surface area contributed by atoms with Crippen molar-refractivity contribution in [3.63, 3.8) is 0 Å². The number of carbonyl (C=O) groups is 1. The zero-order chi connectivity index (χ0) is 20.4. The normalized spacial score (nSPS) is 21.8. The topological polar surface area (TPSA) is 47.6 Å². The van der Waals surface area contributed by atoms with Gasteiger partial charge < -0.3 is 14.8 Å². The summed E-state index contributed by atoms with van der Waals surface area (Å²) in [6.07, 6.45) is 11.4. The third kappa shape index (κ3) is 4.05. The summed E-state index contributed by atoms with van der Waals surface area (Å²) in [5, 5.41) is 3.24. The molecular formula is C26H31NO3. The Morgan fingerprint density at radius 1 is 1.00 bits per heavy atom. The molecule has 2 aromatic carbocycles. The van der Waals surface area contributed by atoms with Crippen LogP contribution in [-0.2, 0) is 17.6 Å². The van der Waals surface area contributed by atoms with E-state index < -0.39 is 0 Å². The average Bonchev–Trinajstić information content (AvgIpc) is 2.78. The first kappa shape index (κ1) is 19.5. The molecule has 4 nitrogen and oxygen atoms in total. The third-order valence-electron chi connectivity index (χ3n) is 6.99. The summed E-state index contributed by atoms with van der Waals surface area (Å²) >= 11 is 0. The summed E-state index contributed by atoms with van der Waals surface area (Å²) in [6, 6.07) is 14.4. The van der Waals surface area contributed by atoms with Gasteiger partial charge in [-0.05, 0) is 80.7 Å². The maximum absolute atomic E-state index is 12.8. The van der Waals surface area contributed by atoms with E-state index in [0.717, 1.165) is 49.2 Å². The van der Waals surface area contributed by atoms with Crippen LogP contribution in [0.5, 0.6) is 11.5 Å². The second-order valence-electron chi connectivity index (χ2n) is 9.13. The lowest BCUT2D eigenvalue weighted by Gasteiger charge is -2.44. The Kier molecular flexibility index (Phi) is 5.41. The first-order valence-electron chi connectivity index (χ1n) is 11.5. The van der Waals surface area contributed by atoms with E-state index in [9.17, 15) is 4.79 Å². The summed E-state index contributed by atoms with van der Waals surface area (Å²) in [7, 11) is 0. The Labute approximate surface area is 179 Å². The zero-order valence-electron chi connectivity index (χ0n) is 17.6. The Morgan fingerprint density at radius 3 is 2.67 bits per heavy atom. The lowest BCUT2D eigenvalue weighted by Crippen LogP contribution is -2.47. The molecular weight excluding hydrogens is 374 g/mol. The van der Waals surface area contributed by atoms with E-state index in [4.69, 9.17) is 9.47 Å². The van der Waals surface area contributed by atoms with E-state index in [1.165, 1.54) is 43.2 Å².